The minimum atomic E-state index is -0.255. The van der Waals surface area contributed by atoms with Gasteiger partial charge in [0.05, 0.1) is 25.8 Å². The molecule has 2 heterocycles. The number of benzene rings is 2. The van der Waals surface area contributed by atoms with E-state index in [1.165, 1.54) is 12.1 Å². The number of carbonyl (C=O) groups excluding carboxylic acids is 1. The number of amides is 1. The molecule has 0 unspecified atom stereocenters. The number of likely N-dealkylation sites (tertiary alicyclic amines) is 1. The summed E-state index contributed by atoms with van der Waals surface area (Å²) in [6.07, 6.45) is 4.26. The van der Waals surface area contributed by atoms with E-state index in [0.717, 1.165) is 42.0 Å². The van der Waals surface area contributed by atoms with Gasteiger partial charge in [-0.3, -0.25) is 9.69 Å². The van der Waals surface area contributed by atoms with Crippen LogP contribution in [0, 0.1) is 5.82 Å². The van der Waals surface area contributed by atoms with Gasteiger partial charge in [-0.1, -0.05) is 30.3 Å². The van der Waals surface area contributed by atoms with Crippen molar-refractivity contribution < 1.29 is 18.3 Å². The van der Waals surface area contributed by atoms with Crippen molar-refractivity contribution in [3.05, 3.63) is 83.3 Å². The lowest BCUT2D eigenvalue weighted by molar-refractivity contribution is -0.133. The van der Waals surface area contributed by atoms with Gasteiger partial charge < -0.3 is 14.1 Å². The van der Waals surface area contributed by atoms with Crippen LogP contribution in [0.1, 0.15) is 41.5 Å². The van der Waals surface area contributed by atoms with Crippen molar-refractivity contribution in [3.8, 4) is 5.75 Å². The van der Waals surface area contributed by atoms with Crippen LogP contribution in [0.2, 0.25) is 0 Å². The van der Waals surface area contributed by atoms with Crippen molar-refractivity contribution in [1.82, 2.24) is 14.8 Å². The quantitative estimate of drug-likeness (QED) is 0.513. The molecular weight excluding hydrogens is 421 g/mol. The van der Waals surface area contributed by atoms with Crippen LogP contribution in [-0.4, -0.2) is 54.5 Å². The second kappa shape index (κ2) is 10.6. The Hall–Kier alpha value is -3.19. The van der Waals surface area contributed by atoms with E-state index in [2.05, 4.69) is 4.98 Å². The number of oxazole rings is 1. The molecule has 1 saturated heterocycles. The molecule has 7 heteroatoms. The zero-order valence-corrected chi connectivity index (χ0v) is 19.2. The third kappa shape index (κ3) is 5.99. The largest absolute Gasteiger partial charge is 0.496 e. The van der Waals surface area contributed by atoms with Crippen LogP contribution in [0.15, 0.2) is 59.1 Å². The summed E-state index contributed by atoms with van der Waals surface area (Å²) < 4.78 is 24.6. The maximum Gasteiger partial charge on any atom is 0.236 e. The van der Waals surface area contributed by atoms with Gasteiger partial charge in [-0.25, -0.2) is 9.37 Å². The van der Waals surface area contributed by atoms with Crippen LogP contribution >= 0.6 is 0 Å². The molecule has 6 nitrogen and oxygen atoms in total. The van der Waals surface area contributed by atoms with Gasteiger partial charge in [0, 0.05) is 31.6 Å². The van der Waals surface area contributed by atoms with Crippen LogP contribution in [-0.2, 0) is 17.8 Å². The molecule has 0 aliphatic carbocycles. The first-order valence-corrected chi connectivity index (χ1v) is 11.3. The molecule has 0 saturated carbocycles. The smallest absolute Gasteiger partial charge is 0.236 e. The maximum atomic E-state index is 13.1. The highest BCUT2D eigenvalue weighted by Gasteiger charge is 2.28. The summed E-state index contributed by atoms with van der Waals surface area (Å²) >= 11 is 0. The van der Waals surface area contributed by atoms with E-state index in [9.17, 15) is 9.18 Å². The molecule has 0 radical (unpaired) electrons. The maximum absolute atomic E-state index is 13.1. The van der Waals surface area contributed by atoms with Gasteiger partial charge in [0.25, 0.3) is 0 Å². The molecule has 1 fully saturated rings. The van der Waals surface area contributed by atoms with Crippen molar-refractivity contribution >= 4 is 5.91 Å². The Morgan fingerprint density at radius 2 is 2.03 bits per heavy atom. The van der Waals surface area contributed by atoms with Gasteiger partial charge in [0.15, 0.2) is 5.89 Å². The van der Waals surface area contributed by atoms with E-state index in [0.29, 0.717) is 31.9 Å². The number of hydrogen-bond acceptors (Lipinski definition) is 5. The number of piperidine rings is 1. The molecule has 2 aromatic carbocycles. The molecule has 1 aliphatic rings. The Kier molecular flexibility index (Phi) is 7.40. The van der Waals surface area contributed by atoms with Crippen LogP contribution in [0.5, 0.6) is 5.75 Å². The lowest BCUT2D eigenvalue weighted by Crippen LogP contribution is -2.43. The zero-order valence-electron chi connectivity index (χ0n) is 19.2. The van der Waals surface area contributed by atoms with Crippen LogP contribution in [0.3, 0.4) is 0 Å². The number of carbonyl (C=O) groups is 1. The number of para-hydroxylation sites is 1. The Morgan fingerprint density at radius 3 is 2.82 bits per heavy atom. The highest BCUT2D eigenvalue weighted by molar-refractivity contribution is 5.78. The van der Waals surface area contributed by atoms with Crippen molar-refractivity contribution in [1.29, 1.82) is 0 Å². The summed E-state index contributed by atoms with van der Waals surface area (Å²) in [7, 11) is 3.57. The zero-order chi connectivity index (χ0) is 23.2. The van der Waals surface area contributed by atoms with E-state index >= 15 is 0 Å². The minimum absolute atomic E-state index is 0.0881. The van der Waals surface area contributed by atoms with Crippen LogP contribution in [0.4, 0.5) is 4.39 Å². The molecule has 3 aromatic rings. The predicted molar refractivity (Wildman–Crippen MR) is 124 cm³/mol. The second-order valence-electron chi connectivity index (χ2n) is 8.63. The summed E-state index contributed by atoms with van der Waals surface area (Å²) in [4.78, 5) is 21.3. The number of methoxy groups -OCH3 is 1. The number of hydrogen-bond donors (Lipinski definition) is 0. The number of nitrogens with zero attached hydrogens (tertiary/aromatic N) is 3. The summed E-state index contributed by atoms with van der Waals surface area (Å²) in [6.45, 7) is 2.26. The fourth-order valence-electron chi connectivity index (χ4n) is 4.32. The molecule has 0 spiro atoms. The standard InChI is InChI=1S/C26H30FN3O3/c1-29(16-19-9-11-22(27)12-10-19)18-25(31)30-13-5-7-21(17-30)26-28-15-23(33-26)14-20-6-3-4-8-24(20)32-2/h3-4,6,8-12,15,21H,5,7,13-14,16-18H2,1-2H3/t21-/m1/s1. The normalized spacial score (nSPS) is 16.2. The monoisotopic (exact) mass is 451 g/mol. The number of likely N-dealkylation sites (N-methyl/N-ethyl adjacent to an activating group) is 1. The molecule has 0 bridgehead atoms. The van der Waals surface area contributed by atoms with E-state index in [-0.39, 0.29) is 17.6 Å². The number of rotatable bonds is 8. The van der Waals surface area contributed by atoms with Gasteiger partial charge >= 0.3 is 0 Å². The Morgan fingerprint density at radius 1 is 1.24 bits per heavy atom. The number of aromatic nitrogens is 1. The minimum Gasteiger partial charge on any atom is -0.496 e. The van der Waals surface area contributed by atoms with E-state index in [4.69, 9.17) is 9.15 Å². The molecule has 1 amide bonds. The highest BCUT2D eigenvalue weighted by atomic mass is 19.1. The van der Waals surface area contributed by atoms with Crippen molar-refractivity contribution in [2.75, 3.05) is 33.8 Å². The van der Waals surface area contributed by atoms with Crippen molar-refractivity contribution in [3.63, 3.8) is 0 Å². The topological polar surface area (TPSA) is 58.8 Å². The first-order chi connectivity index (χ1) is 16.0. The molecule has 33 heavy (non-hydrogen) atoms. The Balaban J connectivity index is 1.33. The van der Waals surface area contributed by atoms with E-state index in [1.807, 2.05) is 41.1 Å². The van der Waals surface area contributed by atoms with Gasteiger partial charge in [0.1, 0.15) is 17.3 Å². The molecule has 1 atom stereocenters. The molecule has 1 aromatic heterocycles. The molecule has 0 N–H and O–H groups in total. The average Bonchev–Trinajstić information content (AvgIpc) is 3.29. The third-order valence-corrected chi connectivity index (χ3v) is 6.02. The fourth-order valence-corrected chi connectivity index (χ4v) is 4.32. The fraction of sp³-hybridized carbons (Fsp3) is 0.385. The first kappa shape index (κ1) is 23.0. The van der Waals surface area contributed by atoms with Crippen molar-refractivity contribution in [2.24, 2.45) is 0 Å². The summed E-state index contributed by atoms with van der Waals surface area (Å²) in [5.41, 5.74) is 2.03. The highest BCUT2D eigenvalue weighted by Crippen LogP contribution is 2.28. The predicted octanol–water partition coefficient (Wildman–Crippen LogP) is 4.25. The second-order valence-corrected chi connectivity index (χ2v) is 8.63. The SMILES string of the molecule is COc1ccccc1Cc1cnc([C@@H]2CCCN(C(=O)CN(C)Cc3ccc(F)cc3)C2)o1. The number of ether oxygens (including phenoxy) is 1. The average molecular weight is 452 g/mol. The first-order valence-electron chi connectivity index (χ1n) is 11.3. The number of halogens is 1. The molecule has 4 rings (SSSR count). The van der Waals surface area contributed by atoms with Gasteiger partial charge in [0.2, 0.25) is 5.91 Å². The molecule has 1 aliphatic heterocycles. The van der Waals surface area contributed by atoms with Crippen molar-refractivity contribution in [2.45, 2.75) is 31.7 Å². The van der Waals surface area contributed by atoms with Gasteiger partial charge in [-0.05, 0) is 43.7 Å². The van der Waals surface area contributed by atoms with Crippen LogP contribution < -0.4 is 4.74 Å². The van der Waals surface area contributed by atoms with E-state index in [1.54, 1.807) is 25.4 Å². The Bertz CT molecular complexity index is 1070. The van der Waals surface area contributed by atoms with E-state index < -0.39 is 0 Å². The molecular formula is C26H30FN3O3. The van der Waals surface area contributed by atoms with Gasteiger partial charge in [-0.2, -0.15) is 0 Å². The lowest BCUT2D eigenvalue weighted by atomic mass is 9.98. The third-order valence-electron chi connectivity index (χ3n) is 6.02. The lowest BCUT2D eigenvalue weighted by Gasteiger charge is -2.32. The van der Waals surface area contributed by atoms with Gasteiger partial charge in [-0.15, -0.1) is 0 Å². The summed E-state index contributed by atoms with van der Waals surface area (Å²) in [5, 5.41) is 0. The van der Waals surface area contributed by atoms with Crippen LogP contribution in [0.25, 0.3) is 0 Å². The summed E-state index contributed by atoms with van der Waals surface area (Å²) in [5.74, 6) is 2.24. The Labute approximate surface area is 194 Å². The summed E-state index contributed by atoms with van der Waals surface area (Å²) in [6, 6.07) is 14.3. The molecule has 174 valence electrons.